The monoisotopic (exact) mass is 635 g/mol. The molecule has 0 aliphatic carbocycles. The zero-order valence-electron chi connectivity index (χ0n) is 21.0. The average Bonchev–Trinajstić information content (AvgIpc) is 2.88. The zero-order valence-corrected chi connectivity index (χ0v) is 24.2. The topological polar surface area (TPSA) is 94.8 Å². The lowest BCUT2D eigenvalue weighted by molar-refractivity contribution is -0.134. The standard InChI is InChI=1S/C28H31Br2NO6/c1-18-13-25(33)37-27-19(2)26(21(15-23(18)27)14-22(30)16-29)36-24(32)11-7-4-8-12-31-28(34)35-17-20-9-5-3-6-10-20/h3,5-6,9-10,13,15,22H,4,7-8,11-12,14,16-17H2,1-2H3,(H,31,34)/t22-/m1/s1. The minimum Gasteiger partial charge on any atom is -0.445 e. The third kappa shape index (κ3) is 8.71. The highest BCUT2D eigenvalue weighted by molar-refractivity contribution is 9.12. The summed E-state index contributed by atoms with van der Waals surface area (Å²) in [6, 6.07) is 12.9. The number of carbonyl (C=O) groups excluding carboxylic acids is 2. The second-order valence-corrected chi connectivity index (χ2v) is 10.8. The van der Waals surface area contributed by atoms with Gasteiger partial charge in [0.25, 0.3) is 0 Å². The Kier molecular flexibility index (Phi) is 11.2. The van der Waals surface area contributed by atoms with Gasteiger partial charge in [0.05, 0.1) is 0 Å². The third-order valence-corrected chi connectivity index (χ3v) is 8.16. The van der Waals surface area contributed by atoms with E-state index in [1.165, 1.54) is 6.07 Å². The van der Waals surface area contributed by atoms with Crippen molar-refractivity contribution >= 4 is 54.9 Å². The molecule has 1 heterocycles. The van der Waals surface area contributed by atoms with Gasteiger partial charge in [0, 0.05) is 40.1 Å². The molecule has 7 nitrogen and oxygen atoms in total. The van der Waals surface area contributed by atoms with Gasteiger partial charge in [-0.15, -0.1) is 0 Å². The number of hydrogen-bond acceptors (Lipinski definition) is 6. The maximum absolute atomic E-state index is 12.7. The summed E-state index contributed by atoms with van der Waals surface area (Å²) in [4.78, 5) is 36.6. The van der Waals surface area contributed by atoms with Crippen LogP contribution in [-0.2, 0) is 22.6 Å². The number of esters is 1. The molecule has 1 atom stereocenters. The van der Waals surface area contributed by atoms with Crippen molar-refractivity contribution in [3.05, 3.63) is 75.1 Å². The van der Waals surface area contributed by atoms with Crippen LogP contribution in [0.15, 0.2) is 51.7 Å². The van der Waals surface area contributed by atoms with Gasteiger partial charge in [-0.1, -0.05) is 68.6 Å². The molecule has 3 aromatic rings. The average molecular weight is 637 g/mol. The SMILES string of the molecule is Cc1cc(=O)oc2c(C)c(OC(=O)CCCCCNC(=O)OCc3ccccc3)c(C[C@@H](Br)CBr)cc12. The first-order valence-corrected chi connectivity index (χ1v) is 14.2. The second-order valence-electron chi connectivity index (χ2n) is 8.84. The number of amides is 1. The highest BCUT2D eigenvalue weighted by Gasteiger charge is 2.20. The molecule has 0 spiro atoms. The summed E-state index contributed by atoms with van der Waals surface area (Å²) in [5.74, 6) is 0.0957. The van der Waals surface area contributed by atoms with Gasteiger partial charge in [0.1, 0.15) is 17.9 Å². The number of nitrogens with one attached hydrogen (secondary N) is 1. The van der Waals surface area contributed by atoms with Gasteiger partial charge in [-0.3, -0.25) is 4.79 Å². The fourth-order valence-corrected chi connectivity index (χ4v) is 4.53. The maximum Gasteiger partial charge on any atom is 0.407 e. The Morgan fingerprint density at radius 3 is 2.57 bits per heavy atom. The van der Waals surface area contributed by atoms with Gasteiger partial charge in [-0.25, -0.2) is 9.59 Å². The van der Waals surface area contributed by atoms with E-state index in [0.29, 0.717) is 36.3 Å². The van der Waals surface area contributed by atoms with Crippen molar-refractivity contribution in [2.24, 2.45) is 0 Å². The second kappa shape index (κ2) is 14.3. The van der Waals surface area contributed by atoms with E-state index in [-0.39, 0.29) is 23.8 Å². The van der Waals surface area contributed by atoms with Crippen LogP contribution in [0.25, 0.3) is 11.0 Å². The number of rotatable bonds is 12. The highest BCUT2D eigenvalue weighted by atomic mass is 79.9. The van der Waals surface area contributed by atoms with E-state index in [1.807, 2.05) is 43.3 Å². The minimum atomic E-state index is -0.460. The number of halogens is 2. The Balaban J connectivity index is 1.51. The summed E-state index contributed by atoms with van der Waals surface area (Å²) in [6.45, 7) is 4.36. The summed E-state index contributed by atoms with van der Waals surface area (Å²) in [5.41, 5.74) is 3.25. The normalized spacial score (nSPS) is 11.8. The van der Waals surface area contributed by atoms with Crippen molar-refractivity contribution in [3.63, 3.8) is 0 Å². The molecule has 0 fully saturated rings. The van der Waals surface area contributed by atoms with Crippen LogP contribution < -0.4 is 15.7 Å². The highest BCUT2D eigenvalue weighted by Crippen LogP contribution is 2.34. The number of hydrogen-bond donors (Lipinski definition) is 1. The van der Waals surface area contributed by atoms with E-state index in [0.717, 1.165) is 40.2 Å². The number of aryl methyl sites for hydroxylation is 2. The zero-order chi connectivity index (χ0) is 26.8. The fourth-order valence-electron chi connectivity index (χ4n) is 3.95. The first-order chi connectivity index (χ1) is 17.8. The minimum absolute atomic E-state index is 0.143. The number of benzene rings is 2. The molecule has 0 saturated carbocycles. The van der Waals surface area contributed by atoms with Crippen molar-refractivity contribution in [1.82, 2.24) is 5.32 Å². The summed E-state index contributed by atoms with van der Waals surface area (Å²) in [7, 11) is 0. The van der Waals surface area contributed by atoms with Crippen molar-refractivity contribution in [1.29, 1.82) is 0 Å². The molecule has 0 saturated heterocycles. The van der Waals surface area contributed by atoms with Crippen molar-refractivity contribution in [3.8, 4) is 5.75 Å². The number of unbranched alkanes of at least 4 members (excludes halogenated alkanes) is 2. The van der Waals surface area contributed by atoms with E-state index in [1.54, 1.807) is 6.92 Å². The van der Waals surface area contributed by atoms with Crippen LogP contribution in [0.2, 0.25) is 0 Å². The Bertz CT molecular complexity index is 1280. The molecule has 1 aromatic heterocycles. The van der Waals surface area contributed by atoms with E-state index < -0.39 is 11.7 Å². The molecule has 198 valence electrons. The molecule has 1 amide bonds. The Morgan fingerprint density at radius 2 is 1.84 bits per heavy atom. The van der Waals surface area contributed by atoms with Crippen LogP contribution in [0, 0.1) is 13.8 Å². The number of carbonyl (C=O) groups is 2. The molecular weight excluding hydrogens is 606 g/mol. The first kappa shape index (κ1) is 28.9. The molecule has 3 rings (SSSR count). The van der Waals surface area contributed by atoms with Gasteiger partial charge in [-0.05, 0) is 55.9 Å². The molecule has 0 aliphatic heterocycles. The van der Waals surface area contributed by atoms with Crippen LogP contribution in [0.4, 0.5) is 4.79 Å². The van der Waals surface area contributed by atoms with Crippen LogP contribution in [0.5, 0.6) is 5.75 Å². The van der Waals surface area contributed by atoms with E-state index in [2.05, 4.69) is 37.2 Å². The number of fused-ring (bicyclic) bond motifs is 1. The van der Waals surface area contributed by atoms with E-state index in [4.69, 9.17) is 13.9 Å². The van der Waals surface area contributed by atoms with Crippen molar-refractivity contribution in [2.45, 2.75) is 57.4 Å². The largest absolute Gasteiger partial charge is 0.445 e. The van der Waals surface area contributed by atoms with Crippen molar-refractivity contribution < 1.29 is 23.5 Å². The molecular formula is C28H31Br2NO6. The third-order valence-electron chi connectivity index (χ3n) is 5.86. The molecule has 0 aliphatic rings. The summed E-state index contributed by atoms with van der Waals surface area (Å²) in [6.07, 6.45) is 2.50. The number of ether oxygens (including phenoxy) is 2. The molecule has 0 bridgehead atoms. The Morgan fingerprint density at radius 1 is 1.08 bits per heavy atom. The van der Waals surface area contributed by atoms with E-state index >= 15 is 0 Å². The Labute approximate surface area is 233 Å². The van der Waals surface area contributed by atoms with Gasteiger partial charge in [0.15, 0.2) is 0 Å². The predicted molar refractivity (Wildman–Crippen MR) is 151 cm³/mol. The van der Waals surface area contributed by atoms with Crippen LogP contribution in [0.3, 0.4) is 0 Å². The Hall–Kier alpha value is -2.65. The van der Waals surface area contributed by atoms with Crippen LogP contribution >= 0.6 is 31.9 Å². The van der Waals surface area contributed by atoms with E-state index in [9.17, 15) is 14.4 Å². The number of alkyl halides is 2. The fraction of sp³-hybridized carbons (Fsp3) is 0.393. The first-order valence-electron chi connectivity index (χ1n) is 12.2. The summed E-state index contributed by atoms with van der Waals surface area (Å²) < 4.78 is 16.4. The lowest BCUT2D eigenvalue weighted by Gasteiger charge is -2.17. The summed E-state index contributed by atoms with van der Waals surface area (Å²) >= 11 is 7.11. The lowest BCUT2D eigenvalue weighted by atomic mass is 9.99. The van der Waals surface area contributed by atoms with Gasteiger partial charge in [0.2, 0.25) is 0 Å². The number of alkyl carbamates (subject to hydrolysis) is 1. The maximum atomic E-state index is 12.7. The van der Waals surface area contributed by atoms with Crippen LogP contribution in [0.1, 0.15) is 47.9 Å². The van der Waals surface area contributed by atoms with Crippen LogP contribution in [-0.4, -0.2) is 28.8 Å². The molecule has 0 unspecified atom stereocenters. The predicted octanol–water partition coefficient (Wildman–Crippen LogP) is 6.50. The summed E-state index contributed by atoms with van der Waals surface area (Å²) in [5, 5.41) is 4.28. The molecule has 1 N–H and O–H groups in total. The lowest BCUT2D eigenvalue weighted by Crippen LogP contribution is -2.25. The van der Waals surface area contributed by atoms with Crippen molar-refractivity contribution in [2.75, 3.05) is 11.9 Å². The molecule has 37 heavy (non-hydrogen) atoms. The molecule has 2 aromatic carbocycles. The van der Waals surface area contributed by atoms with Gasteiger partial charge >= 0.3 is 17.7 Å². The van der Waals surface area contributed by atoms with Gasteiger partial charge < -0.3 is 19.2 Å². The van der Waals surface area contributed by atoms with Gasteiger partial charge in [-0.2, -0.15) is 0 Å². The molecule has 0 radical (unpaired) electrons. The quantitative estimate of drug-likeness (QED) is 0.0801. The smallest absolute Gasteiger partial charge is 0.407 e. The molecule has 9 heteroatoms.